The van der Waals surface area contributed by atoms with Crippen LogP contribution in [0.5, 0.6) is 11.5 Å². The third-order valence-corrected chi connectivity index (χ3v) is 9.71. The Bertz CT molecular complexity index is 1140. The molecule has 2 aromatic carbocycles. The van der Waals surface area contributed by atoms with E-state index in [4.69, 9.17) is 0 Å². The van der Waals surface area contributed by atoms with E-state index in [0.29, 0.717) is 6.42 Å². The molecule has 3 atom stereocenters. The second-order valence-corrected chi connectivity index (χ2v) is 12.4. The van der Waals surface area contributed by atoms with Crippen molar-refractivity contribution in [3.63, 3.8) is 0 Å². The number of hydrogen-bond donors (Lipinski definition) is 3. The van der Waals surface area contributed by atoms with E-state index >= 15 is 0 Å². The molecule has 3 rings (SSSR count). The number of phenols is 2. The molecule has 0 spiro atoms. The van der Waals surface area contributed by atoms with E-state index in [-0.39, 0.29) is 35.7 Å². The minimum Gasteiger partial charge on any atom is -0.508 e. The number of fused-ring (bicyclic) bond motifs is 1. The van der Waals surface area contributed by atoms with Crippen LogP contribution < -0.4 is 0 Å². The van der Waals surface area contributed by atoms with Crippen LogP contribution in [0.4, 0.5) is 22.0 Å². The van der Waals surface area contributed by atoms with Gasteiger partial charge in [0.15, 0.2) is 0 Å². The van der Waals surface area contributed by atoms with Crippen LogP contribution in [0.2, 0.25) is 0 Å². The molecular formula is C31H39F5O4S. The Morgan fingerprint density at radius 1 is 0.902 bits per heavy atom. The molecule has 0 bridgehead atoms. The van der Waals surface area contributed by atoms with Crippen LogP contribution in [0.3, 0.4) is 0 Å². The molecule has 0 saturated carbocycles. The van der Waals surface area contributed by atoms with Crippen molar-refractivity contribution in [2.75, 3.05) is 5.75 Å². The zero-order valence-electron chi connectivity index (χ0n) is 23.2. The smallest absolute Gasteiger partial charge is 0.453 e. The van der Waals surface area contributed by atoms with Gasteiger partial charge in [0, 0.05) is 22.5 Å². The van der Waals surface area contributed by atoms with Gasteiger partial charge in [-0.05, 0) is 67.0 Å². The van der Waals surface area contributed by atoms with Gasteiger partial charge in [0.2, 0.25) is 0 Å². The summed E-state index contributed by atoms with van der Waals surface area (Å²) in [5.41, 5.74) is 2.21. The van der Waals surface area contributed by atoms with Crippen molar-refractivity contribution >= 4 is 17.7 Å². The quantitative estimate of drug-likeness (QED) is 0.140. The Labute approximate surface area is 242 Å². The first kappa shape index (κ1) is 33.0. The topological polar surface area (TPSA) is 77.8 Å². The molecule has 3 N–H and O–H groups in total. The maximum Gasteiger partial charge on any atom is 0.453 e. The van der Waals surface area contributed by atoms with E-state index < -0.39 is 36.8 Å². The average Bonchev–Trinajstić information content (AvgIpc) is 2.89. The Kier molecular flexibility index (Phi) is 11.4. The molecular weight excluding hydrogens is 563 g/mol. The number of unbranched alkanes of at least 4 members (excludes halogenated alkanes) is 5. The lowest BCUT2D eigenvalue weighted by molar-refractivity contribution is -0.284. The standard InChI is InChI=1S/C31H39F5O4S/c1-29(22-12-14-23(37)15-13-22)20-41-27-19-24(38)16-17-25(27)26(29)11-7-5-3-2-4-6-9-21(28(39)40)10-8-18-30(32,33)31(34,35)36/h12-17,19,21,26,37-38H,2-11,18,20H2,1H3,(H,39,40)/t21?,26-,29-/m1/s1. The van der Waals surface area contributed by atoms with Gasteiger partial charge in [0.05, 0.1) is 5.92 Å². The summed E-state index contributed by atoms with van der Waals surface area (Å²) in [6.45, 7) is 2.25. The Morgan fingerprint density at radius 2 is 1.49 bits per heavy atom. The summed E-state index contributed by atoms with van der Waals surface area (Å²) in [5.74, 6) is -5.33. The molecule has 1 heterocycles. The van der Waals surface area contributed by atoms with Gasteiger partial charge in [0.1, 0.15) is 11.5 Å². The highest BCUT2D eigenvalue weighted by Crippen LogP contribution is 2.52. The minimum absolute atomic E-state index is 0.155. The lowest BCUT2D eigenvalue weighted by Crippen LogP contribution is -2.36. The van der Waals surface area contributed by atoms with Crippen LogP contribution in [0.15, 0.2) is 47.4 Å². The predicted molar refractivity (Wildman–Crippen MR) is 150 cm³/mol. The average molecular weight is 603 g/mol. The summed E-state index contributed by atoms with van der Waals surface area (Å²) in [4.78, 5) is 12.5. The van der Waals surface area contributed by atoms with E-state index in [1.165, 1.54) is 5.56 Å². The molecule has 1 aliphatic rings. The molecule has 4 nitrogen and oxygen atoms in total. The number of benzene rings is 2. The number of phenolic OH excluding ortho intramolecular Hbond substituents is 2. The van der Waals surface area contributed by atoms with Crippen LogP contribution in [0.1, 0.15) is 94.6 Å². The van der Waals surface area contributed by atoms with Crippen molar-refractivity contribution in [1.82, 2.24) is 0 Å². The van der Waals surface area contributed by atoms with Crippen molar-refractivity contribution in [2.45, 2.75) is 106 Å². The summed E-state index contributed by atoms with van der Waals surface area (Å²) < 4.78 is 63.2. The molecule has 10 heteroatoms. The maximum atomic E-state index is 13.1. The summed E-state index contributed by atoms with van der Waals surface area (Å²) >= 11 is 1.73. The number of carbonyl (C=O) groups is 1. The highest BCUT2D eigenvalue weighted by Gasteiger charge is 2.56. The monoisotopic (exact) mass is 602 g/mol. The molecule has 1 aliphatic heterocycles. The highest BCUT2D eigenvalue weighted by molar-refractivity contribution is 7.99. The number of aromatic hydroxyl groups is 2. The second kappa shape index (κ2) is 14.1. The second-order valence-electron chi connectivity index (χ2n) is 11.4. The van der Waals surface area contributed by atoms with Gasteiger partial charge in [-0.3, -0.25) is 4.79 Å². The third-order valence-electron chi connectivity index (χ3n) is 8.30. The van der Waals surface area contributed by atoms with Crippen LogP contribution in [0.25, 0.3) is 0 Å². The number of halogens is 5. The molecule has 1 unspecified atom stereocenters. The first-order chi connectivity index (χ1) is 19.2. The fourth-order valence-corrected chi connectivity index (χ4v) is 7.16. The van der Waals surface area contributed by atoms with Crippen LogP contribution in [-0.4, -0.2) is 39.1 Å². The fraction of sp³-hybridized carbons (Fsp3) is 0.581. The minimum atomic E-state index is -5.61. The van der Waals surface area contributed by atoms with Crippen LogP contribution >= 0.6 is 11.8 Å². The van der Waals surface area contributed by atoms with Gasteiger partial charge in [0.25, 0.3) is 0 Å². The first-order valence-electron chi connectivity index (χ1n) is 14.2. The van der Waals surface area contributed by atoms with E-state index in [0.717, 1.165) is 54.7 Å². The molecule has 2 aromatic rings. The number of thioether (sulfide) groups is 1. The molecule has 41 heavy (non-hydrogen) atoms. The van der Waals surface area contributed by atoms with Gasteiger partial charge in [-0.15, -0.1) is 11.8 Å². The molecule has 0 aromatic heterocycles. The maximum absolute atomic E-state index is 13.1. The zero-order valence-corrected chi connectivity index (χ0v) is 24.0. The van der Waals surface area contributed by atoms with E-state index in [2.05, 4.69) is 6.92 Å². The zero-order chi connectivity index (χ0) is 30.3. The predicted octanol–water partition coefficient (Wildman–Crippen LogP) is 9.43. The summed E-state index contributed by atoms with van der Waals surface area (Å²) in [6.07, 6.45) is -1.32. The number of rotatable bonds is 15. The Morgan fingerprint density at radius 3 is 2.12 bits per heavy atom. The van der Waals surface area contributed by atoms with Gasteiger partial charge < -0.3 is 15.3 Å². The highest BCUT2D eigenvalue weighted by atomic mass is 32.2. The van der Waals surface area contributed by atoms with Gasteiger partial charge in [-0.1, -0.05) is 63.6 Å². The first-order valence-corrected chi connectivity index (χ1v) is 15.2. The molecule has 228 valence electrons. The summed E-state index contributed by atoms with van der Waals surface area (Å²) in [5, 5.41) is 29.1. The molecule has 0 aliphatic carbocycles. The fourth-order valence-electron chi connectivity index (χ4n) is 5.76. The van der Waals surface area contributed by atoms with E-state index in [1.807, 2.05) is 24.3 Å². The van der Waals surface area contributed by atoms with Crippen molar-refractivity contribution < 1.29 is 42.1 Å². The van der Waals surface area contributed by atoms with Gasteiger partial charge >= 0.3 is 18.1 Å². The third kappa shape index (κ3) is 8.75. The lowest BCUT2D eigenvalue weighted by Gasteiger charge is -2.43. The van der Waals surface area contributed by atoms with Gasteiger partial charge in [-0.25, -0.2) is 0 Å². The molecule has 0 saturated heterocycles. The normalized spacial score (nSPS) is 20.0. The number of alkyl halides is 5. The van der Waals surface area contributed by atoms with Crippen molar-refractivity contribution in [1.29, 1.82) is 0 Å². The number of carboxylic acids is 1. The Hall–Kier alpha value is -2.49. The number of aliphatic carboxylic acids is 1. The summed E-state index contributed by atoms with van der Waals surface area (Å²) in [7, 11) is 0. The van der Waals surface area contributed by atoms with Crippen LogP contribution in [-0.2, 0) is 10.2 Å². The Balaban J connectivity index is 1.45. The number of carboxylic acid groups (broad SMARTS) is 1. The molecule has 0 fully saturated rings. The largest absolute Gasteiger partial charge is 0.508 e. The van der Waals surface area contributed by atoms with E-state index in [9.17, 15) is 42.1 Å². The summed E-state index contributed by atoms with van der Waals surface area (Å²) in [6, 6.07) is 12.9. The lowest BCUT2D eigenvalue weighted by atomic mass is 9.68. The molecule has 0 radical (unpaired) electrons. The van der Waals surface area contributed by atoms with E-state index in [1.54, 1.807) is 30.0 Å². The van der Waals surface area contributed by atoms with Crippen molar-refractivity contribution in [2.24, 2.45) is 5.92 Å². The van der Waals surface area contributed by atoms with Crippen molar-refractivity contribution in [3.8, 4) is 11.5 Å². The van der Waals surface area contributed by atoms with Crippen LogP contribution in [0, 0.1) is 5.92 Å². The van der Waals surface area contributed by atoms with Crippen molar-refractivity contribution in [3.05, 3.63) is 53.6 Å². The van der Waals surface area contributed by atoms with Gasteiger partial charge in [-0.2, -0.15) is 22.0 Å². The number of hydrogen-bond acceptors (Lipinski definition) is 4. The SMILES string of the molecule is C[C@]1(c2ccc(O)cc2)CSc2cc(O)ccc2[C@H]1CCCCCCCCC(CCCC(F)(F)C(F)(F)F)C(=O)O. The molecule has 0 amide bonds.